The molecule has 2 saturated heterocycles. The number of thiazole rings is 1. The summed E-state index contributed by atoms with van der Waals surface area (Å²) in [5.74, 6) is -0.259. The highest BCUT2D eigenvalue weighted by atomic mass is 32.2. The monoisotopic (exact) mass is 451 g/mol. The smallest absolute Gasteiger partial charge is 0.233 e. The van der Waals surface area contributed by atoms with Gasteiger partial charge in [-0.3, -0.25) is 9.69 Å². The van der Waals surface area contributed by atoms with E-state index in [1.54, 1.807) is 4.90 Å². The summed E-state index contributed by atoms with van der Waals surface area (Å²) in [6, 6.07) is 7.86. The molecular formula is C21H29N3O4S2. The van der Waals surface area contributed by atoms with E-state index in [1.165, 1.54) is 15.6 Å². The fourth-order valence-electron chi connectivity index (χ4n) is 4.23. The van der Waals surface area contributed by atoms with Gasteiger partial charge in [-0.1, -0.05) is 30.4 Å². The van der Waals surface area contributed by atoms with Crippen LogP contribution in [-0.4, -0.2) is 61.7 Å². The van der Waals surface area contributed by atoms with Crippen molar-refractivity contribution in [3.63, 3.8) is 0 Å². The van der Waals surface area contributed by atoms with E-state index in [4.69, 9.17) is 9.72 Å². The van der Waals surface area contributed by atoms with Crippen molar-refractivity contribution in [2.24, 2.45) is 5.92 Å². The molecule has 0 spiro atoms. The van der Waals surface area contributed by atoms with Crippen molar-refractivity contribution in [2.45, 2.75) is 45.1 Å². The third-order valence-corrected chi connectivity index (χ3v) is 8.88. The third kappa shape index (κ3) is 4.69. The summed E-state index contributed by atoms with van der Waals surface area (Å²) in [6.45, 7) is 3.81. The van der Waals surface area contributed by atoms with Crippen molar-refractivity contribution < 1.29 is 17.9 Å². The SMILES string of the molecule is CCCS(=O)(=O)N1CCCC(C(=O)N(CC2CCCO2)c2nc3ccccc3s2)C1. The van der Waals surface area contributed by atoms with Gasteiger partial charge in [-0.05, 0) is 44.2 Å². The molecule has 4 rings (SSSR count). The van der Waals surface area contributed by atoms with Crippen LogP contribution in [0, 0.1) is 5.92 Å². The first-order valence-corrected chi connectivity index (χ1v) is 13.2. The molecular weight excluding hydrogens is 422 g/mol. The van der Waals surface area contributed by atoms with E-state index < -0.39 is 10.0 Å². The molecule has 9 heteroatoms. The Bertz CT molecular complexity index is 952. The molecule has 0 N–H and O–H groups in total. The van der Waals surface area contributed by atoms with E-state index in [2.05, 4.69) is 0 Å². The first kappa shape index (κ1) is 21.7. The van der Waals surface area contributed by atoms with E-state index >= 15 is 0 Å². The average Bonchev–Trinajstić information content (AvgIpc) is 3.41. The zero-order valence-corrected chi connectivity index (χ0v) is 19.0. The number of benzene rings is 1. The molecule has 0 saturated carbocycles. The largest absolute Gasteiger partial charge is 0.376 e. The second kappa shape index (κ2) is 9.30. The number of amides is 1. The number of para-hydroxylation sites is 1. The van der Waals surface area contributed by atoms with Crippen LogP contribution in [0.2, 0.25) is 0 Å². The predicted octanol–water partition coefficient (Wildman–Crippen LogP) is 3.26. The number of nitrogens with zero attached hydrogens (tertiary/aromatic N) is 3. The molecule has 0 aliphatic carbocycles. The van der Waals surface area contributed by atoms with Crippen LogP contribution in [0.4, 0.5) is 5.13 Å². The number of hydrogen-bond donors (Lipinski definition) is 0. The maximum Gasteiger partial charge on any atom is 0.233 e. The number of ether oxygens (including phenoxy) is 1. The van der Waals surface area contributed by atoms with Gasteiger partial charge in [0.25, 0.3) is 0 Å². The van der Waals surface area contributed by atoms with Gasteiger partial charge in [-0.25, -0.2) is 17.7 Å². The minimum absolute atomic E-state index is 0.00415. The van der Waals surface area contributed by atoms with E-state index in [0.717, 1.165) is 29.7 Å². The molecule has 0 radical (unpaired) electrons. The molecule has 2 fully saturated rings. The molecule has 2 aromatic rings. The summed E-state index contributed by atoms with van der Waals surface area (Å²) in [5, 5.41) is 0.672. The molecule has 2 atom stereocenters. The highest BCUT2D eigenvalue weighted by molar-refractivity contribution is 7.89. The molecule has 1 amide bonds. The number of sulfonamides is 1. The van der Waals surface area contributed by atoms with Crippen LogP contribution in [0.3, 0.4) is 0 Å². The normalized spacial score (nSPS) is 23.1. The first-order valence-electron chi connectivity index (χ1n) is 10.7. The first-order chi connectivity index (χ1) is 14.5. The van der Waals surface area contributed by atoms with Crippen molar-refractivity contribution in [3.05, 3.63) is 24.3 Å². The zero-order chi connectivity index (χ0) is 21.1. The quantitative estimate of drug-likeness (QED) is 0.646. The van der Waals surface area contributed by atoms with Crippen LogP contribution in [-0.2, 0) is 19.6 Å². The van der Waals surface area contributed by atoms with Crippen LogP contribution in [0.5, 0.6) is 0 Å². The van der Waals surface area contributed by atoms with E-state index in [0.29, 0.717) is 37.5 Å². The minimum Gasteiger partial charge on any atom is -0.376 e. The molecule has 7 nitrogen and oxygen atoms in total. The summed E-state index contributed by atoms with van der Waals surface area (Å²) >= 11 is 1.50. The third-order valence-electron chi connectivity index (χ3n) is 5.78. The summed E-state index contributed by atoms with van der Waals surface area (Å²) in [6.07, 6.45) is 3.91. The fourth-order valence-corrected chi connectivity index (χ4v) is 6.80. The van der Waals surface area contributed by atoms with Crippen LogP contribution in [0.1, 0.15) is 39.0 Å². The van der Waals surface area contributed by atoms with Crippen molar-refractivity contribution in [3.8, 4) is 0 Å². The maximum absolute atomic E-state index is 13.6. The Balaban J connectivity index is 1.58. The Morgan fingerprint density at radius 3 is 2.87 bits per heavy atom. The lowest BCUT2D eigenvalue weighted by Gasteiger charge is -2.34. The number of hydrogen-bond acceptors (Lipinski definition) is 6. The molecule has 0 bridgehead atoms. The van der Waals surface area contributed by atoms with Crippen LogP contribution >= 0.6 is 11.3 Å². The van der Waals surface area contributed by atoms with Gasteiger partial charge < -0.3 is 4.74 Å². The lowest BCUT2D eigenvalue weighted by molar-refractivity contribution is -0.123. The summed E-state index contributed by atoms with van der Waals surface area (Å²) in [5.41, 5.74) is 0.874. The Kier molecular flexibility index (Phi) is 6.72. The van der Waals surface area contributed by atoms with Gasteiger partial charge in [0.1, 0.15) is 0 Å². The molecule has 3 heterocycles. The number of rotatable bonds is 7. The molecule has 2 aliphatic rings. The number of fused-ring (bicyclic) bond motifs is 1. The van der Waals surface area contributed by atoms with Crippen molar-refractivity contribution >= 4 is 42.6 Å². The minimum atomic E-state index is -3.31. The highest BCUT2D eigenvalue weighted by Gasteiger charge is 2.36. The summed E-state index contributed by atoms with van der Waals surface area (Å²) in [4.78, 5) is 20.1. The highest BCUT2D eigenvalue weighted by Crippen LogP contribution is 2.32. The standard InChI is InChI=1S/C21H29N3O4S2/c1-2-13-30(26,27)23-11-5-7-16(14-23)20(25)24(15-17-8-6-12-28-17)21-22-18-9-3-4-10-19(18)29-21/h3-4,9-10,16-17H,2,5-8,11-15H2,1H3. The summed E-state index contributed by atoms with van der Waals surface area (Å²) in [7, 11) is -3.31. The van der Waals surface area contributed by atoms with Crippen LogP contribution in [0.25, 0.3) is 10.2 Å². The summed E-state index contributed by atoms with van der Waals surface area (Å²) < 4.78 is 33.5. The van der Waals surface area contributed by atoms with Gasteiger partial charge in [0.15, 0.2) is 5.13 Å². The number of carbonyl (C=O) groups excluding carboxylic acids is 1. The Hall–Kier alpha value is -1.55. The van der Waals surface area contributed by atoms with E-state index in [1.807, 2.05) is 31.2 Å². The van der Waals surface area contributed by atoms with Crippen molar-refractivity contribution in [1.29, 1.82) is 0 Å². The molecule has 30 heavy (non-hydrogen) atoms. The van der Waals surface area contributed by atoms with Gasteiger partial charge in [0, 0.05) is 19.7 Å². The number of anilines is 1. The molecule has 1 aromatic heterocycles. The molecule has 164 valence electrons. The van der Waals surface area contributed by atoms with E-state index in [-0.39, 0.29) is 30.2 Å². The van der Waals surface area contributed by atoms with Crippen molar-refractivity contribution in [2.75, 3.05) is 36.9 Å². The maximum atomic E-state index is 13.6. The fraction of sp³-hybridized carbons (Fsp3) is 0.619. The lowest BCUT2D eigenvalue weighted by atomic mass is 9.98. The Labute approximate surface area is 182 Å². The van der Waals surface area contributed by atoms with Gasteiger partial charge in [0.05, 0.1) is 34.5 Å². The zero-order valence-electron chi connectivity index (χ0n) is 17.3. The van der Waals surface area contributed by atoms with Gasteiger partial charge in [-0.2, -0.15) is 0 Å². The predicted molar refractivity (Wildman–Crippen MR) is 119 cm³/mol. The lowest BCUT2D eigenvalue weighted by Crippen LogP contribution is -2.48. The number of aromatic nitrogens is 1. The second-order valence-corrected chi connectivity index (χ2v) is 11.2. The molecule has 1 aromatic carbocycles. The van der Waals surface area contributed by atoms with Crippen LogP contribution in [0.15, 0.2) is 24.3 Å². The Morgan fingerprint density at radius 1 is 1.30 bits per heavy atom. The number of piperidine rings is 1. The van der Waals surface area contributed by atoms with Gasteiger partial charge in [-0.15, -0.1) is 0 Å². The van der Waals surface area contributed by atoms with Gasteiger partial charge in [0.2, 0.25) is 15.9 Å². The van der Waals surface area contributed by atoms with Crippen LogP contribution < -0.4 is 4.90 Å². The topological polar surface area (TPSA) is 79.8 Å². The molecule has 2 unspecified atom stereocenters. The van der Waals surface area contributed by atoms with Gasteiger partial charge >= 0.3 is 0 Å². The molecule has 2 aliphatic heterocycles. The van der Waals surface area contributed by atoms with Crippen molar-refractivity contribution in [1.82, 2.24) is 9.29 Å². The second-order valence-electron chi connectivity index (χ2n) is 8.06. The number of carbonyl (C=O) groups is 1. The average molecular weight is 452 g/mol. The Morgan fingerprint density at radius 2 is 2.13 bits per heavy atom. The van der Waals surface area contributed by atoms with E-state index in [9.17, 15) is 13.2 Å².